The molecule has 0 bridgehead atoms. The van der Waals surface area contributed by atoms with E-state index >= 15 is 0 Å². The summed E-state index contributed by atoms with van der Waals surface area (Å²) in [4.78, 5) is 13.6. The molecular formula is C15H19N3O3S. The van der Waals surface area contributed by atoms with E-state index in [9.17, 15) is 13.2 Å². The third-order valence-corrected chi connectivity index (χ3v) is 5.64. The molecule has 1 amide bonds. The Hall–Kier alpha value is -1.91. The molecule has 6 nitrogen and oxygen atoms in total. The topological polar surface area (TPSA) is 81.5 Å². The third-order valence-electron chi connectivity index (χ3n) is 3.68. The van der Waals surface area contributed by atoms with E-state index in [4.69, 9.17) is 5.26 Å². The summed E-state index contributed by atoms with van der Waals surface area (Å²) in [7, 11) is -3.69. The molecule has 2 rings (SSSR count). The molecule has 1 aliphatic heterocycles. The van der Waals surface area contributed by atoms with Crippen molar-refractivity contribution < 1.29 is 13.2 Å². The monoisotopic (exact) mass is 321 g/mol. The highest BCUT2D eigenvalue weighted by Crippen LogP contribution is 2.21. The fraction of sp³-hybridized carbons (Fsp3) is 0.467. The van der Waals surface area contributed by atoms with Crippen LogP contribution in [0.15, 0.2) is 29.2 Å². The van der Waals surface area contributed by atoms with Crippen LogP contribution in [0.5, 0.6) is 0 Å². The van der Waals surface area contributed by atoms with Gasteiger partial charge in [0, 0.05) is 32.6 Å². The van der Waals surface area contributed by atoms with E-state index in [-0.39, 0.29) is 29.5 Å². The van der Waals surface area contributed by atoms with Gasteiger partial charge in [-0.1, -0.05) is 19.1 Å². The first-order valence-electron chi connectivity index (χ1n) is 7.27. The summed E-state index contributed by atoms with van der Waals surface area (Å²) in [6.45, 7) is 3.26. The molecule has 118 valence electrons. The van der Waals surface area contributed by atoms with Crippen LogP contribution >= 0.6 is 0 Å². The fourth-order valence-electron chi connectivity index (χ4n) is 2.47. The van der Waals surface area contributed by atoms with Gasteiger partial charge in [-0.3, -0.25) is 4.79 Å². The van der Waals surface area contributed by atoms with Crippen molar-refractivity contribution in [3.63, 3.8) is 0 Å². The summed E-state index contributed by atoms with van der Waals surface area (Å²) < 4.78 is 26.6. The molecule has 1 aliphatic rings. The Balaban J connectivity index is 2.13. The van der Waals surface area contributed by atoms with Crippen molar-refractivity contribution in [1.29, 1.82) is 5.26 Å². The van der Waals surface area contributed by atoms with Crippen LogP contribution < -0.4 is 0 Å². The van der Waals surface area contributed by atoms with Crippen molar-refractivity contribution in [2.45, 2.75) is 24.7 Å². The second-order valence-corrected chi connectivity index (χ2v) is 7.05. The van der Waals surface area contributed by atoms with Gasteiger partial charge in [-0.05, 0) is 18.6 Å². The standard InChI is InChI=1S/C15H19N3O3S/c1-2-5-15(19)17-8-10-18(11-9-17)22(20,21)14-7-4-3-6-13(14)12-16/h3-4,6-7H,2,5,8-11H2,1H3. The van der Waals surface area contributed by atoms with Gasteiger partial charge >= 0.3 is 0 Å². The summed E-state index contributed by atoms with van der Waals surface area (Å²) >= 11 is 0. The maximum atomic E-state index is 12.6. The highest BCUT2D eigenvalue weighted by molar-refractivity contribution is 7.89. The predicted molar refractivity (Wildman–Crippen MR) is 81.4 cm³/mol. The van der Waals surface area contributed by atoms with Gasteiger partial charge in [0.25, 0.3) is 0 Å². The minimum atomic E-state index is -3.69. The van der Waals surface area contributed by atoms with Crippen LogP contribution in [-0.2, 0) is 14.8 Å². The maximum absolute atomic E-state index is 12.6. The Kier molecular flexibility index (Phi) is 5.16. The molecule has 0 radical (unpaired) electrons. The van der Waals surface area contributed by atoms with E-state index in [0.29, 0.717) is 19.5 Å². The van der Waals surface area contributed by atoms with Crippen molar-refractivity contribution >= 4 is 15.9 Å². The molecular weight excluding hydrogens is 302 g/mol. The molecule has 1 saturated heterocycles. The molecule has 0 aromatic heterocycles. The highest BCUT2D eigenvalue weighted by atomic mass is 32.2. The van der Waals surface area contributed by atoms with Crippen LogP contribution in [0.2, 0.25) is 0 Å². The third kappa shape index (κ3) is 3.29. The number of rotatable bonds is 4. The highest BCUT2D eigenvalue weighted by Gasteiger charge is 2.31. The van der Waals surface area contributed by atoms with Crippen molar-refractivity contribution in [3.8, 4) is 6.07 Å². The molecule has 0 atom stereocenters. The van der Waals surface area contributed by atoms with Crippen LogP contribution in [0.25, 0.3) is 0 Å². The lowest BCUT2D eigenvalue weighted by atomic mass is 10.2. The molecule has 1 aromatic carbocycles. The number of amides is 1. The number of sulfonamides is 1. The van der Waals surface area contributed by atoms with Gasteiger partial charge in [0.05, 0.1) is 10.5 Å². The van der Waals surface area contributed by atoms with Crippen molar-refractivity contribution in [2.24, 2.45) is 0 Å². The number of nitriles is 1. The van der Waals surface area contributed by atoms with Crippen LogP contribution in [0.4, 0.5) is 0 Å². The lowest BCUT2D eigenvalue weighted by molar-refractivity contribution is -0.132. The van der Waals surface area contributed by atoms with Gasteiger partial charge < -0.3 is 4.90 Å². The lowest BCUT2D eigenvalue weighted by Gasteiger charge is -2.34. The molecule has 1 fully saturated rings. The summed E-state index contributed by atoms with van der Waals surface area (Å²) in [5, 5.41) is 9.07. The van der Waals surface area contributed by atoms with Crippen LogP contribution in [0, 0.1) is 11.3 Å². The van der Waals surface area contributed by atoms with E-state index in [2.05, 4.69) is 0 Å². The molecule has 0 N–H and O–H groups in total. The Bertz CT molecular complexity index is 686. The zero-order chi connectivity index (χ0) is 16.2. The van der Waals surface area contributed by atoms with E-state index in [1.165, 1.54) is 16.4 Å². The van der Waals surface area contributed by atoms with E-state index in [1.54, 1.807) is 17.0 Å². The Labute approximate surface area is 131 Å². The van der Waals surface area contributed by atoms with Crippen molar-refractivity contribution in [2.75, 3.05) is 26.2 Å². The Morgan fingerprint density at radius 1 is 1.23 bits per heavy atom. The number of nitrogens with zero attached hydrogens (tertiary/aromatic N) is 3. The Morgan fingerprint density at radius 3 is 2.45 bits per heavy atom. The number of piperazine rings is 1. The van der Waals surface area contributed by atoms with Crippen LogP contribution in [0.1, 0.15) is 25.3 Å². The lowest BCUT2D eigenvalue weighted by Crippen LogP contribution is -2.50. The molecule has 0 aliphatic carbocycles. The first-order valence-corrected chi connectivity index (χ1v) is 8.71. The molecule has 0 spiro atoms. The quantitative estimate of drug-likeness (QED) is 0.834. The molecule has 0 saturated carbocycles. The van der Waals surface area contributed by atoms with Gasteiger partial charge in [0.15, 0.2) is 0 Å². The number of hydrogen-bond donors (Lipinski definition) is 0. The summed E-state index contributed by atoms with van der Waals surface area (Å²) in [6, 6.07) is 8.10. The molecule has 1 aromatic rings. The first kappa shape index (κ1) is 16.5. The summed E-state index contributed by atoms with van der Waals surface area (Å²) in [5.74, 6) is 0.0666. The zero-order valence-electron chi connectivity index (χ0n) is 12.5. The van der Waals surface area contributed by atoms with Gasteiger partial charge in [-0.2, -0.15) is 9.57 Å². The predicted octanol–water partition coefficient (Wildman–Crippen LogP) is 1.19. The average molecular weight is 321 g/mol. The zero-order valence-corrected chi connectivity index (χ0v) is 13.3. The normalized spacial score (nSPS) is 16.3. The van der Waals surface area contributed by atoms with Crippen LogP contribution in [0.3, 0.4) is 0 Å². The number of carbonyl (C=O) groups is 1. The fourth-order valence-corrected chi connectivity index (χ4v) is 4.04. The minimum Gasteiger partial charge on any atom is -0.340 e. The molecule has 0 unspecified atom stereocenters. The van der Waals surface area contributed by atoms with E-state index in [1.807, 2.05) is 13.0 Å². The second kappa shape index (κ2) is 6.90. The van der Waals surface area contributed by atoms with Gasteiger partial charge in [-0.25, -0.2) is 8.42 Å². The summed E-state index contributed by atoms with van der Waals surface area (Å²) in [5.41, 5.74) is 0.145. The average Bonchev–Trinajstić information content (AvgIpc) is 2.55. The van der Waals surface area contributed by atoms with Gasteiger partial charge in [0.2, 0.25) is 15.9 Å². The minimum absolute atomic E-state index is 0.0332. The number of hydrogen-bond acceptors (Lipinski definition) is 4. The largest absolute Gasteiger partial charge is 0.340 e. The van der Waals surface area contributed by atoms with E-state index < -0.39 is 10.0 Å². The molecule has 22 heavy (non-hydrogen) atoms. The first-order chi connectivity index (χ1) is 10.5. The number of carbonyl (C=O) groups excluding carboxylic acids is 1. The van der Waals surface area contributed by atoms with Gasteiger partial charge in [-0.15, -0.1) is 0 Å². The van der Waals surface area contributed by atoms with E-state index in [0.717, 1.165) is 6.42 Å². The SMILES string of the molecule is CCCC(=O)N1CCN(S(=O)(=O)c2ccccc2C#N)CC1. The van der Waals surface area contributed by atoms with Crippen LogP contribution in [-0.4, -0.2) is 49.7 Å². The maximum Gasteiger partial charge on any atom is 0.244 e. The van der Waals surface area contributed by atoms with Gasteiger partial charge in [0.1, 0.15) is 6.07 Å². The molecule has 1 heterocycles. The number of benzene rings is 1. The van der Waals surface area contributed by atoms with Crippen molar-refractivity contribution in [1.82, 2.24) is 9.21 Å². The second-order valence-electron chi connectivity index (χ2n) is 5.14. The smallest absolute Gasteiger partial charge is 0.244 e. The van der Waals surface area contributed by atoms with Crippen molar-refractivity contribution in [3.05, 3.63) is 29.8 Å². The Morgan fingerprint density at radius 2 is 1.86 bits per heavy atom. The molecule has 7 heteroatoms. The summed E-state index contributed by atoms with van der Waals surface area (Å²) in [6.07, 6.45) is 1.27.